The van der Waals surface area contributed by atoms with Crippen molar-refractivity contribution < 1.29 is 14.7 Å². The van der Waals surface area contributed by atoms with Crippen molar-refractivity contribution in [2.24, 2.45) is 0 Å². The van der Waals surface area contributed by atoms with E-state index >= 15 is 0 Å². The summed E-state index contributed by atoms with van der Waals surface area (Å²) in [5.74, 6) is 0.134. The van der Waals surface area contributed by atoms with Crippen LogP contribution in [-0.4, -0.2) is 52.1 Å². The van der Waals surface area contributed by atoms with E-state index in [9.17, 15) is 14.7 Å². The average Bonchev–Trinajstić information content (AvgIpc) is 3.56. The van der Waals surface area contributed by atoms with Crippen molar-refractivity contribution >= 4 is 17.7 Å². The zero-order valence-electron chi connectivity index (χ0n) is 21.5. The Morgan fingerprint density at radius 1 is 0.694 bits per heavy atom. The van der Waals surface area contributed by atoms with E-state index in [-0.39, 0.29) is 42.0 Å². The SMILES string of the molecule is Nc1cc(O)c(C2CCCN2C(=O)NC2CCCCC2)cc1C1CCCN1C(=O)NC1CCCCC1. The molecule has 0 radical (unpaired) electrons. The van der Waals surface area contributed by atoms with Gasteiger partial charge < -0.3 is 31.3 Å². The molecule has 2 aliphatic carbocycles. The minimum Gasteiger partial charge on any atom is -0.508 e. The van der Waals surface area contributed by atoms with Gasteiger partial charge >= 0.3 is 12.1 Å². The largest absolute Gasteiger partial charge is 0.508 e. The minimum absolute atomic E-state index is 0.00669. The Labute approximate surface area is 215 Å². The number of rotatable bonds is 4. The van der Waals surface area contributed by atoms with Gasteiger partial charge in [-0.2, -0.15) is 0 Å². The van der Waals surface area contributed by atoms with Crippen molar-refractivity contribution in [1.29, 1.82) is 0 Å². The smallest absolute Gasteiger partial charge is 0.318 e. The summed E-state index contributed by atoms with van der Waals surface area (Å²) in [5, 5.41) is 17.4. The van der Waals surface area contributed by atoms with Crippen LogP contribution < -0.4 is 16.4 Å². The number of phenols is 1. The molecule has 198 valence electrons. The van der Waals surface area contributed by atoms with Crippen molar-refractivity contribution in [2.75, 3.05) is 18.8 Å². The minimum atomic E-state index is -0.182. The Kier molecular flexibility index (Phi) is 7.77. The first kappa shape index (κ1) is 25.0. The summed E-state index contributed by atoms with van der Waals surface area (Å²) in [4.78, 5) is 30.2. The van der Waals surface area contributed by atoms with Crippen LogP contribution in [-0.2, 0) is 0 Å². The maximum atomic E-state index is 13.2. The van der Waals surface area contributed by atoms with Crippen LogP contribution in [0, 0.1) is 0 Å². The molecular weight excluding hydrogens is 454 g/mol. The number of urea groups is 2. The summed E-state index contributed by atoms with van der Waals surface area (Å²) in [6.45, 7) is 1.39. The van der Waals surface area contributed by atoms with Gasteiger partial charge in [0.15, 0.2) is 0 Å². The molecule has 4 fully saturated rings. The molecule has 8 nitrogen and oxygen atoms in total. The van der Waals surface area contributed by atoms with Gasteiger partial charge in [-0.05, 0) is 63.0 Å². The summed E-state index contributed by atoms with van der Waals surface area (Å²) < 4.78 is 0. The number of benzene rings is 1. The Bertz CT molecular complexity index is 870. The van der Waals surface area contributed by atoms with E-state index in [0.29, 0.717) is 18.8 Å². The Balaban J connectivity index is 1.33. The fraction of sp³-hybridized carbons (Fsp3) is 0.714. The maximum Gasteiger partial charge on any atom is 0.318 e. The molecule has 0 aromatic heterocycles. The Morgan fingerprint density at radius 2 is 1.17 bits per heavy atom. The van der Waals surface area contributed by atoms with E-state index in [1.807, 2.05) is 15.9 Å². The van der Waals surface area contributed by atoms with Crippen LogP contribution in [0.5, 0.6) is 5.75 Å². The number of anilines is 1. The van der Waals surface area contributed by atoms with Gasteiger partial charge in [0.25, 0.3) is 0 Å². The third-order valence-corrected chi connectivity index (χ3v) is 8.84. The van der Waals surface area contributed by atoms with Gasteiger partial charge in [-0.3, -0.25) is 0 Å². The van der Waals surface area contributed by atoms with Crippen LogP contribution in [0.2, 0.25) is 0 Å². The van der Waals surface area contributed by atoms with Crippen molar-refractivity contribution in [1.82, 2.24) is 20.4 Å². The van der Waals surface area contributed by atoms with Crippen LogP contribution in [0.25, 0.3) is 0 Å². The highest BCUT2D eigenvalue weighted by molar-refractivity contribution is 5.77. The first-order valence-electron chi connectivity index (χ1n) is 14.3. The molecule has 5 N–H and O–H groups in total. The molecule has 1 aromatic rings. The molecule has 2 atom stereocenters. The predicted octanol–water partition coefficient (Wildman–Crippen LogP) is 5.33. The van der Waals surface area contributed by atoms with Gasteiger partial charge in [0.05, 0.1) is 12.1 Å². The van der Waals surface area contributed by atoms with Crippen LogP contribution in [0.3, 0.4) is 0 Å². The number of aromatic hydroxyl groups is 1. The highest BCUT2D eigenvalue weighted by atomic mass is 16.3. The molecular formula is C28H43N5O3. The molecule has 2 saturated heterocycles. The van der Waals surface area contributed by atoms with E-state index in [2.05, 4.69) is 10.6 Å². The molecule has 2 aliphatic heterocycles. The molecule has 0 bridgehead atoms. The number of nitrogen functional groups attached to an aromatic ring is 1. The highest BCUT2D eigenvalue weighted by Gasteiger charge is 2.36. The Morgan fingerprint density at radius 3 is 1.67 bits per heavy atom. The summed E-state index contributed by atoms with van der Waals surface area (Å²) in [6, 6.07) is 3.77. The second kappa shape index (κ2) is 11.2. The van der Waals surface area contributed by atoms with Crippen molar-refractivity contribution in [3.63, 3.8) is 0 Å². The molecule has 36 heavy (non-hydrogen) atoms. The van der Waals surface area contributed by atoms with E-state index in [0.717, 1.165) is 62.5 Å². The molecule has 1 aromatic carbocycles. The monoisotopic (exact) mass is 497 g/mol. The molecule has 2 unspecified atom stereocenters. The fourth-order valence-electron chi connectivity index (χ4n) is 6.87. The number of likely N-dealkylation sites (tertiary alicyclic amines) is 2. The first-order valence-corrected chi connectivity index (χ1v) is 14.3. The van der Waals surface area contributed by atoms with Gasteiger partial charge in [0.1, 0.15) is 5.75 Å². The molecule has 2 saturated carbocycles. The lowest BCUT2D eigenvalue weighted by atomic mass is 9.94. The highest BCUT2D eigenvalue weighted by Crippen LogP contribution is 2.43. The van der Waals surface area contributed by atoms with E-state index in [4.69, 9.17) is 5.73 Å². The lowest BCUT2D eigenvalue weighted by Gasteiger charge is -2.32. The summed E-state index contributed by atoms with van der Waals surface area (Å²) in [7, 11) is 0. The zero-order chi connectivity index (χ0) is 25.1. The number of hydrogen-bond donors (Lipinski definition) is 4. The standard InChI is InChI=1S/C28H43N5O3/c29-23-18-26(34)22(25-14-8-16-33(25)28(36)31-20-11-5-2-6-12-20)17-21(23)24-13-7-15-32(24)27(35)30-19-9-3-1-4-10-19/h17-20,24-25,34H,1-16,29H2,(H,30,35)(H,31,36). The van der Waals surface area contributed by atoms with E-state index < -0.39 is 0 Å². The number of hydrogen-bond acceptors (Lipinski definition) is 4. The second-order valence-electron chi connectivity index (χ2n) is 11.3. The maximum absolute atomic E-state index is 13.2. The van der Waals surface area contributed by atoms with Gasteiger partial charge in [0.2, 0.25) is 0 Å². The number of nitrogens with zero attached hydrogens (tertiary/aromatic N) is 2. The van der Waals surface area contributed by atoms with Crippen LogP contribution in [0.15, 0.2) is 12.1 Å². The van der Waals surface area contributed by atoms with Crippen molar-refractivity contribution in [2.45, 2.75) is 114 Å². The molecule has 5 rings (SSSR count). The Hall–Kier alpha value is -2.64. The lowest BCUT2D eigenvalue weighted by Crippen LogP contribution is -2.45. The number of nitrogens with two attached hydrogens (primary N) is 1. The van der Waals surface area contributed by atoms with Gasteiger partial charge in [0, 0.05) is 42.5 Å². The quantitative estimate of drug-likeness (QED) is 0.421. The summed E-state index contributed by atoms with van der Waals surface area (Å²) in [5.41, 5.74) is 8.56. The summed E-state index contributed by atoms with van der Waals surface area (Å²) >= 11 is 0. The van der Waals surface area contributed by atoms with Crippen LogP contribution in [0.1, 0.15) is 113 Å². The average molecular weight is 498 g/mol. The number of amides is 4. The topological polar surface area (TPSA) is 111 Å². The normalized spacial score (nSPS) is 25.8. The number of phenolic OH excluding ortho intramolecular Hbond substituents is 1. The van der Waals surface area contributed by atoms with E-state index in [1.165, 1.54) is 38.5 Å². The van der Waals surface area contributed by atoms with Crippen LogP contribution in [0.4, 0.5) is 15.3 Å². The molecule has 8 heteroatoms. The predicted molar refractivity (Wildman–Crippen MR) is 141 cm³/mol. The van der Waals surface area contributed by atoms with Crippen molar-refractivity contribution in [3.8, 4) is 5.75 Å². The second-order valence-corrected chi connectivity index (χ2v) is 11.3. The van der Waals surface area contributed by atoms with Crippen molar-refractivity contribution in [3.05, 3.63) is 23.3 Å². The number of carbonyl (C=O) groups is 2. The fourth-order valence-corrected chi connectivity index (χ4v) is 6.87. The molecule has 4 amide bonds. The van der Waals surface area contributed by atoms with Gasteiger partial charge in [-0.25, -0.2) is 9.59 Å². The number of nitrogens with one attached hydrogen (secondary N) is 2. The van der Waals surface area contributed by atoms with E-state index in [1.54, 1.807) is 6.07 Å². The third kappa shape index (κ3) is 5.37. The lowest BCUT2D eigenvalue weighted by molar-refractivity contribution is 0.184. The molecule has 4 aliphatic rings. The third-order valence-electron chi connectivity index (χ3n) is 8.84. The van der Waals surface area contributed by atoms with Gasteiger partial charge in [-0.1, -0.05) is 38.5 Å². The van der Waals surface area contributed by atoms with Gasteiger partial charge in [-0.15, -0.1) is 0 Å². The first-order chi connectivity index (χ1) is 17.5. The molecule has 0 spiro atoms. The molecule has 2 heterocycles. The number of carbonyl (C=O) groups excluding carboxylic acids is 2. The summed E-state index contributed by atoms with van der Waals surface area (Å²) in [6.07, 6.45) is 14.9. The zero-order valence-corrected chi connectivity index (χ0v) is 21.5. The van der Waals surface area contributed by atoms with Crippen LogP contribution >= 0.6 is 0 Å².